The quantitative estimate of drug-likeness (QED) is 0.695. The minimum atomic E-state index is -3.50. The van der Waals surface area contributed by atoms with Gasteiger partial charge in [-0.25, -0.2) is 13.1 Å². The first kappa shape index (κ1) is 17.3. The Balaban J connectivity index is 1.94. The number of benzene rings is 2. The van der Waals surface area contributed by atoms with Crippen LogP contribution in [0.15, 0.2) is 53.4 Å². The van der Waals surface area contributed by atoms with Gasteiger partial charge in [0.2, 0.25) is 10.0 Å². The summed E-state index contributed by atoms with van der Waals surface area (Å²) in [7, 11) is -2.02. The molecule has 0 aliphatic heterocycles. The number of hydrogen-bond donors (Lipinski definition) is 2. The van der Waals surface area contributed by atoms with Crippen LogP contribution in [0.5, 0.6) is 0 Å². The highest BCUT2D eigenvalue weighted by molar-refractivity contribution is 7.89. The van der Waals surface area contributed by atoms with Crippen LogP contribution in [-0.2, 0) is 10.0 Å². The van der Waals surface area contributed by atoms with Gasteiger partial charge in [0.15, 0.2) is 0 Å². The summed E-state index contributed by atoms with van der Waals surface area (Å²) < 4.78 is 27.9. The molecule has 0 spiro atoms. The lowest BCUT2D eigenvalue weighted by molar-refractivity contribution is 0.439. The molecule has 3 aromatic rings. The van der Waals surface area contributed by atoms with Gasteiger partial charge in [-0.15, -0.1) is 0 Å². The smallest absolute Gasteiger partial charge is 0.240 e. The van der Waals surface area contributed by atoms with Crippen LogP contribution in [0.4, 0.5) is 0 Å². The fourth-order valence-electron chi connectivity index (χ4n) is 4.15. The predicted octanol–water partition coefficient (Wildman–Crippen LogP) is 4.79. The fourth-order valence-corrected chi connectivity index (χ4v) is 5.20. The van der Waals surface area contributed by atoms with Crippen molar-refractivity contribution in [2.45, 2.75) is 42.9 Å². The van der Waals surface area contributed by atoms with Gasteiger partial charge in [-0.1, -0.05) is 49.6 Å². The second-order valence-electron chi connectivity index (χ2n) is 7.03. The lowest BCUT2D eigenvalue weighted by Crippen LogP contribution is -2.22. The van der Waals surface area contributed by atoms with E-state index in [0.717, 1.165) is 53.4 Å². The van der Waals surface area contributed by atoms with Crippen LogP contribution in [-0.4, -0.2) is 20.4 Å². The van der Waals surface area contributed by atoms with Gasteiger partial charge in [0.25, 0.3) is 0 Å². The van der Waals surface area contributed by atoms with Crippen LogP contribution < -0.4 is 4.72 Å². The lowest BCUT2D eigenvalue weighted by atomic mass is 9.81. The van der Waals surface area contributed by atoms with E-state index in [4.69, 9.17) is 0 Å². The molecule has 5 heteroatoms. The average Bonchev–Trinajstić information content (AvgIpc) is 3.12. The summed E-state index contributed by atoms with van der Waals surface area (Å²) in [6.45, 7) is 0. The Morgan fingerprint density at radius 1 is 1.00 bits per heavy atom. The van der Waals surface area contributed by atoms with Gasteiger partial charge in [-0.3, -0.25) is 0 Å². The molecule has 2 N–H and O–H groups in total. The Hall–Kier alpha value is -2.11. The Labute approximate surface area is 154 Å². The van der Waals surface area contributed by atoms with E-state index in [1.807, 2.05) is 30.3 Å². The molecular weight excluding hydrogens is 344 g/mol. The van der Waals surface area contributed by atoms with Crippen molar-refractivity contribution in [3.8, 4) is 11.3 Å². The first-order chi connectivity index (χ1) is 12.6. The van der Waals surface area contributed by atoms with Gasteiger partial charge in [0.05, 0.1) is 4.90 Å². The number of aromatic amines is 1. The van der Waals surface area contributed by atoms with Crippen LogP contribution in [0.3, 0.4) is 0 Å². The second-order valence-corrected chi connectivity index (χ2v) is 8.89. The number of H-pyrrole nitrogens is 1. The van der Waals surface area contributed by atoms with E-state index in [0.29, 0.717) is 4.90 Å². The maximum atomic E-state index is 12.7. The number of para-hydroxylation sites is 1. The minimum absolute atomic E-state index is 0.282. The molecule has 26 heavy (non-hydrogen) atoms. The van der Waals surface area contributed by atoms with Crippen molar-refractivity contribution in [1.29, 1.82) is 0 Å². The SMILES string of the molecule is CNS(=O)(=O)c1cccc(-c2cc3ccccc3[nH]2)c1C1CCCCC1. The van der Waals surface area contributed by atoms with Gasteiger partial charge in [-0.2, -0.15) is 0 Å². The summed E-state index contributed by atoms with van der Waals surface area (Å²) in [6.07, 6.45) is 5.64. The molecule has 0 atom stereocenters. The molecule has 1 saturated carbocycles. The van der Waals surface area contributed by atoms with Gasteiger partial charge in [0.1, 0.15) is 0 Å². The zero-order valence-electron chi connectivity index (χ0n) is 15.0. The number of aromatic nitrogens is 1. The van der Waals surface area contributed by atoms with Gasteiger partial charge < -0.3 is 4.98 Å². The molecule has 0 radical (unpaired) electrons. The molecule has 1 aromatic heterocycles. The molecule has 2 aromatic carbocycles. The summed E-state index contributed by atoms with van der Waals surface area (Å²) in [5, 5.41) is 1.14. The third-order valence-corrected chi connectivity index (χ3v) is 6.93. The van der Waals surface area contributed by atoms with Crippen molar-refractivity contribution in [3.05, 3.63) is 54.1 Å². The zero-order valence-corrected chi connectivity index (χ0v) is 15.8. The highest BCUT2D eigenvalue weighted by atomic mass is 32.2. The first-order valence-electron chi connectivity index (χ1n) is 9.25. The van der Waals surface area contributed by atoms with E-state index in [1.165, 1.54) is 13.5 Å². The summed E-state index contributed by atoms with van der Waals surface area (Å²) >= 11 is 0. The molecule has 1 aliphatic rings. The maximum absolute atomic E-state index is 12.7. The van der Waals surface area contributed by atoms with Crippen molar-refractivity contribution in [1.82, 2.24) is 9.71 Å². The molecule has 1 fully saturated rings. The van der Waals surface area contributed by atoms with Crippen LogP contribution >= 0.6 is 0 Å². The minimum Gasteiger partial charge on any atom is -0.355 e. The maximum Gasteiger partial charge on any atom is 0.240 e. The Morgan fingerprint density at radius 3 is 2.50 bits per heavy atom. The summed E-state index contributed by atoms with van der Waals surface area (Å²) in [6, 6.07) is 15.9. The highest BCUT2D eigenvalue weighted by Gasteiger charge is 2.27. The highest BCUT2D eigenvalue weighted by Crippen LogP contribution is 2.41. The van der Waals surface area contributed by atoms with Gasteiger partial charge >= 0.3 is 0 Å². The van der Waals surface area contributed by atoms with E-state index < -0.39 is 10.0 Å². The van der Waals surface area contributed by atoms with Crippen LogP contribution in [0, 0.1) is 0 Å². The molecule has 1 heterocycles. The Bertz CT molecular complexity index is 998. The molecule has 0 saturated heterocycles. The van der Waals surface area contributed by atoms with Gasteiger partial charge in [0, 0.05) is 22.2 Å². The van der Waals surface area contributed by atoms with E-state index in [9.17, 15) is 8.42 Å². The summed E-state index contributed by atoms with van der Waals surface area (Å²) in [5.74, 6) is 0.282. The molecule has 136 valence electrons. The van der Waals surface area contributed by atoms with Crippen molar-refractivity contribution >= 4 is 20.9 Å². The van der Waals surface area contributed by atoms with Crippen molar-refractivity contribution in [2.24, 2.45) is 0 Å². The largest absolute Gasteiger partial charge is 0.355 e. The van der Waals surface area contributed by atoms with Crippen LogP contribution in [0.25, 0.3) is 22.2 Å². The number of sulfonamides is 1. The van der Waals surface area contributed by atoms with Crippen molar-refractivity contribution < 1.29 is 8.42 Å². The number of hydrogen-bond acceptors (Lipinski definition) is 2. The summed E-state index contributed by atoms with van der Waals surface area (Å²) in [4.78, 5) is 3.89. The molecule has 0 unspecified atom stereocenters. The third kappa shape index (κ3) is 3.06. The number of rotatable bonds is 4. The second kappa shape index (κ2) is 6.89. The van der Waals surface area contributed by atoms with Crippen molar-refractivity contribution in [2.75, 3.05) is 7.05 Å². The molecule has 4 rings (SSSR count). The number of nitrogens with one attached hydrogen (secondary N) is 2. The van der Waals surface area contributed by atoms with Crippen molar-refractivity contribution in [3.63, 3.8) is 0 Å². The Kier molecular flexibility index (Phi) is 4.59. The third-order valence-electron chi connectivity index (χ3n) is 5.46. The van der Waals surface area contributed by atoms with Crippen LogP contribution in [0.2, 0.25) is 0 Å². The zero-order chi connectivity index (χ0) is 18.1. The topological polar surface area (TPSA) is 62.0 Å². The monoisotopic (exact) mass is 368 g/mol. The average molecular weight is 369 g/mol. The lowest BCUT2D eigenvalue weighted by Gasteiger charge is -2.26. The summed E-state index contributed by atoms with van der Waals surface area (Å²) in [5.41, 5.74) is 4.02. The van der Waals surface area contributed by atoms with E-state index in [2.05, 4.69) is 21.8 Å². The Morgan fingerprint density at radius 2 is 1.77 bits per heavy atom. The van der Waals surface area contributed by atoms with E-state index in [1.54, 1.807) is 6.07 Å². The van der Waals surface area contributed by atoms with Gasteiger partial charge in [-0.05, 0) is 49.6 Å². The fraction of sp³-hybridized carbons (Fsp3) is 0.333. The molecule has 0 amide bonds. The molecule has 4 nitrogen and oxygen atoms in total. The molecular formula is C21H24N2O2S. The van der Waals surface area contributed by atoms with E-state index in [-0.39, 0.29) is 5.92 Å². The number of fused-ring (bicyclic) bond motifs is 1. The predicted molar refractivity (Wildman–Crippen MR) is 106 cm³/mol. The first-order valence-corrected chi connectivity index (χ1v) is 10.7. The molecule has 0 bridgehead atoms. The normalized spacial score (nSPS) is 16.2. The molecule has 1 aliphatic carbocycles. The van der Waals surface area contributed by atoms with Crippen LogP contribution in [0.1, 0.15) is 43.6 Å². The van der Waals surface area contributed by atoms with E-state index >= 15 is 0 Å². The standard InChI is InChI=1S/C21H24N2O2S/c1-22-26(24,25)20-13-7-11-17(21(20)15-8-3-2-4-9-15)19-14-16-10-5-6-12-18(16)23-19/h5-7,10-15,22-23H,2-4,8-9H2,1H3.